The van der Waals surface area contributed by atoms with Crippen molar-refractivity contribution in [2.45, 2.75) is 45.4 Å². The number of hydrogen-bond acceptors (Lipinski definition) is 7. The quantitative estimate of drug-likeness (QED) is 0.263. The molecule has 0 bridgehead atoms. The molecule has 5 aromatic rings. The Balaban J connectivity index is 1.10. The van der Waals surface area contributed by atoms with E-state index in [0.29, 0.717) is 53.6 Å². The minimum Gasteiger partial charge on any atom is -0.366 e. The van der Waals surface area contributed by atoms with Gasteiger partial charge in [-0.15, -0.1) is 0 Å². The van der Waals surface area contributed by atoms with Gasteiger partial charge in [0.2, 0.25) is 0 Å². The number of aryl methyl sites for hydroxylation is 1. The number of aromatic nitrogens is 6. The van der Waals surface area contributed by atoms with Crippen LogP contribution in [-0.2, 0) is 19.6 Å². The Labute approximate surface area is 229 Å². The Kier molecular flexibility index (Phi) is 6.69. The summed E-state index contributed by atoms with van der Waals surface area (Å²) in [5, 5.41) is 6.21. The highest BCUT2D eigenvalue weighted by atomic mass is 16.2. The monoisotopic (exact) mass is 536 g/mol. The standard InChI is InChI=1S/C29H28N8O3/c1-2-36-26-24(28(39)37(29(36)40)22-8-9-22)34-25(35-26)21-7-10-23(32-17-21)31-15-18-3-5-19(6-4-18)16-33-27(38)20-11-13-30-14-12-20/h3-7,10-14,17,22H,2,8-9,15-16H2,1H3,(H,31,32)(H,33,38)(H,34,35). The van der Waals surface area contributed by atoms with Crippen molar-refractivity contribution < 1.29 is 4.79 Å². The maximum absolute atomic E-state index is 13.0. The summed E-state index contributed by atoms with van der Waals surface area (Å²) in [5.74, 6) is 1.04. The molecule has 4 aromatic heterocycles. The topological polar surface area (TPSA) is 140 Å². The van der Waals surface area contributed by atoms with Gasteiger partial charge in [-0.3, -0.25) is 23.7 Å². The van der Waals surface area contributed by atoms with Gasteiger partial charge >= 0.3 is 5.69 Å². The van der Waals surface area contributed by atoms with E-state index in [1.807, 2.05) is 43.3 Å². The van der Waals surface area contributed by atoms with Crippen LogP contribution in [0.2, 0.25) is 0 Å². The minimum absolute atomic E-state index is 0.0179. The summed E-state index contributed by atoms with van der Waals surface area (Å²) in [6.07, 6.45) is 6.56. The summed E-state index contributed by atoms with van der Waals surface area (Å²) >= 11 is 0. The average Bonchev–Trinajstić information content (AvgIpc) is 3.73. The van der Waals surface area contributed by atoms with Crippen LogP contribution in [0.1, 0.15) is 47.3 Å². The number of benzene rings is 1. The van der Waals surface area contributed by atoms with Gasteiger partial charge in [0, 0.05) is 55.4 Å². The molecule has 1 aromatic carbocycles. The average molecular weight is 537 g/mol. The molecular weight excluding hydrogens is 508 g/mol. The lowest BCUT2D eigenvalue weighted by Crippen LogP contribution is -2.39. The van der Waals surface area contributed by atoms with Gasteiger partial charge in [0.25, 0.3) is 11.5 Å². The van der Waals surface area contributed by atoms with Crippen molar-refractivity contribution in [3.8, 4) is 11.4 Å². The molecule has 0 unspecified atom stereocenters. The molecule has 1 aliphatic carbocycles. The molecule has 0 spiro atoms. The van der Waals surface area contributed by atoms with Gasteiger partial charge < -0.3 is 15.6 Å². The molecule has 1 saturated carbocycles. The van der Waals surface area contributed by atoms with Crippen molar-refractivity contribution in [3.05, 3.63) is 105 Å². The van der Waals surface area contributed by atoms with Crippen LogP contribution in [0.25, 0.3) is 22.6 Å². The number of carbonyl (C=O) groups is 1. The number of pyridine rings is 2. The lowest BCUT2D eigenvalue weighted by atomic mass is 10.1. The van der Waals surface area contributed by atoms with Crippen LogP contribution in [0, 0.1) is 0 Å². The third-order valence-electron chi connectivity index (χ3n) is 6.97. The highest BCUT2D eigenvalue weighted by Crippen LogP contribution is 2.32. The van der Waals surface area contributed by atoms with E-state index in [2.05, 4.69) is 30.6 Å². The second-order valence-corrected chi connectivity index (χ2v) is 9.74. The first-order valence-corrected chi connectivity index (χ1v) is 13.2. The summed E-state index contributed by atoms with van der Waals surface area (Å²) in [6.45, 7) is 3.30. The Bertz CT molecular complexity index is 1780. The summed E-state index contributed by atoms with van der Waals surface area (Å²) in [7, 11) is 0. The number of nitrogens with zero attached hydrogens (tertiary/aromatic N) is 5. The predicted molar refractivity (Wildman–Crippen MR) is 151 cm³/mol. The van der Waals surface area contributed by atoms with Gasteiger partial charge in [0.1, 0.15) is 17.2 Å². The lowest BCUT2D eigenvalue weighted by Gasteiger charge is -2.08. The van der Waals surface area contributed by atoms with Crippen LogP contribution in [0.4, 0.5) is 5.82 Å². The number of amides is 1. The molecule has 202 valence electrons. The van der Waals surface area contributed by atoms with Gasteiger partial charge in [0.15, 0.2) is 5.65 Å². The first kappa shape index (κ1) is 25.2. The molecule has 0 radical (unpaired) electrons. The zero-order valence-electron chi connectivity index (χ0n) is 21.9. The van der Waals surface area contributed by atoms with Crippen LogP contribution in [0.3, 0.4) is 0 Å². The molecule has 11 nitrogen and oxygen atoms in total. The highest BCUT2D eigenvalue weighted by Gasteiger charge is 2.29. The number of fused-ring (bicyclic) bond motifs is 1. The normalized spacial score (nSPS) is 12.9. The Morgan fingerprint density at radius 1 is 1.00 bits per heavy atom. The third-order valence-corrected chi connectivity index (χ3v) is 6.97. The summed E-state index contributed by atoms with van der Waals surface area (Å²) in [4.78, 5) is 54.2. The highest BCUT2D eigenvalue weighted by molar-refractivity contribution is 5.93. The van der Waals surface area contributed by atoms with E-state index in [1.54, 1.807) is 35.3 Å². The molecule has 0 aliphatic heterocycles. The molecule has 0 saturated heterocycles. The Morgan fingerprint density at radius 2 is 1.73 bits per heavy atom. The lowest BCUT2D eigenvalue weighted by molar-refractivity contribution is 0.0951. The Morgan fingerprint density at radius 3 is 2.38 bits per heavy atom. The molecule has 1 amide bonds. The van der Waals surface area contributed by atoms with Crippen LogP contribution < -0.4 is 21.9 Å². The van der Waals surface area contributed by atoms with E-state index in [0.717, 1.165) is 24.0 Å². The number of nitrogens with one attached hydrogen (secondary N) is 3. The van der Waals surface area contributed by atoms with Crippen molar-refractivity contribution >= 4 is 22.9 Å². The molecule has 3 N–H and O–H groups in total. The summed E-state index contributed by atoms with van der Waals surface area (Å²) in [5.41, 5.74) is 3.44. The van der Waals surface area contributed by atoms with Crippen LogP contribution in [0.15, 0.2) is 76.7 Å². The Hall–Kier alpha value is -5.06. The second-order valence-electron chi connectivity index (χ2n) is 9.74. The maximum atomic E-state index is 13.0. The van der Waals surface area contributed by atoms with Gasteiger partial charge in [-0.1, -0.05) is 24.3 Å². The van der Waals surface area contributed by atoms with Gasteiger partial charge in [-0.2, -0.15) is 0 Å². The SMILES string of the molecule is CCn1c(=O)n(C2CC2)c(=O)c2[nH]c(-c3ccc(NCc4ccc(CNC(=O)c5ccncc5)cc4)nc3)nc21. The fraction of sp³-hybridized carbons (Fsp3) is 0.241. The van der Waals surface area contributed by atoms with E-state index in [4.69, 9.17) is 0 Å². The number of imidazole rings is 1. The molecule has 40 heavy (non-hydrogen) atoms. The first-order chi connectivity index (χ1) is 19.5. The largest absolute Gasteiger partial charge is 0.366 e. The van der Waals surface area contributed by atoms with Crippen LogP contribution in [-0.4, -0.2) is 35.0 Å². The van der Waals surface area contributed by atoms with Crippen LogP contribution >= 0.6 is 0 Å². The fourth-order valence-electron chi connectivity index (χ4n) is 4.61. The number of aromatic amines is 1. The van der Waals surface area contributed by atoms with Gasteiger partial charge in [-0.05, 0) is 55.2 Å². The summed E-state index contributed by atoms with van der Waals surface area (Å²) in [6, 6.07) is 15.0. The van der Waals surface area contributed by atoms with Gasteiger partial charge in [-0.25, -0.2) is 14.8 Å². The third kappa shape index (κ3) is 5.00. The van der Waals surface area contributed by atoms with Gasteiger partial charge in [0.05, 0.1) is 0 Å². The molecule has 0 atom stereocenters. The zero-order chi connectivity index (χ0) is 27.6. The number of hydrogen-bond donors (Lipinski definition) is 3. The van der Waals surface area contributed by atoms with E-state index in [9.17, 15) is 14.4 Å². The number of carbonyl (C=O) groups excluding carboxylic acids is 1. The fourth-order valence-corrected chi connectivity index (χ4v) is 4.61. The number of H-pyrrole nitrogens is 1. The van der Waals surface area contributed by atoms with E-state index in [-0.39, 0.29) is 23.2 Å². The van der Waals surface area contributed by atoms with Crippen molar-refractivity contribution in [1.82, 2.24) is 34.4 Å². The van der Waals surface area contributed by atoms with E-state index < -0.39 is 0 Å². The predicted octanol–water partition coefficient (Wildman–Crippen LogP) is 3.24. The van der Waals surface area contributed by atoms with E-state index in [1.165, 1.54) is 4.57 Å². The second kappa shape index (κ2) is 10.6. The molecule has 11 heteroatoms. The molecule has 1 fully saturated rings. The maximum Gasteiger partial charge on any atom is 0.332 e. The number of anilines is 1. The smallest absolute Gasteiger partial charge is 0.332 e. The van der Waals surface area contributed by atoms with Crippen LogP contribution in [0.5, 0.6) is 0 Å². The van der Waals surface area contributed by atoms with Crippen molar-refractivity contribution in [2.24, 2.45) is 0 Å². The van der Waals surface area contributed by atoms with Crippen molar-refractivity contribution in [3.63, 3.8) is 0 Å². The number of rotatable bonds is 9. The van der Waals surface area contributed by atoms with Crippen molar-refractivity contribution in [1.29, 1.82) is 0 Å². The molecule has 1 aliphatic rings. The zero-order valence-corrected chi connectivity index (χ0v) is 21.9. The molecular formula is C29H28N8O3. The molecule has 4 heterocycles. The minimum atomic E-state index is -0.320. The molecule has 6 rings (SSSR count). The van der Waals surface area contributed by atoms with E-state index >= 15 is 0 Å². The summed E-state index contributed by atoms with van der Waals surface area (Å²) < 4.78 is 2.89. The van der Waals surface area contributed by atoms with Crippen molar-refractivity contribution in [2.75, 3.05) is 5.32 Å². The first-order valence-electron chi connectivity index (χ1n) is 13.2.